The van der Waals surface area contributed by atoms with Gasteiger partial charge in [-0.3, -0.25) is 0 Å². The molecule has 0 saturated carbocycles. The normalized spacial score (nSPS) is 11.9. The molecular formula is C8H12ClNO2S2. The summed E-state index contributed by atoms with van der Waals surface area (Å²) in [7, 11) is -3.30. The van der Waals surface area contributed by atoms with Crippen LogP contribution in [0.4, 0.5) is 0 Å². The second kappa shape index (κ2) is 5.11. The van der Waals surface area contributed by atoms with Gasteiger partial charge in [-0.1, -0.05) is 0 Å². The number of sulfonamides is 1. The van der Waals surface area contributed by atoms with Crippen LogP contribution in [0, 0.1) is 6.92 Å². The van der Waals surface area contributed by atoms with Crippen molar-refractivity contribution >= 4 is 33.0 Å². The maximum Gasteiger partial charge on any atom is 0.250 e. The Balaban J connectivity index is 2.66. The lowest BCUT2D eigenvalue weighted by Crippen LogP contribution is -2.24. The predicted molar refractivity (Wildman–Crippen MR) is 59.6 cm³/mol. The fourth-order valence-corrected chi connectivity index (χ4v) is 3.44. The molecule has 1 rings (SSSR count). The Labute approximate surface area is 93.1 Å². The van der Waals surface area contributed by atoms with Crippen LogP contribution in [0.15, 0.2) is 16.3 Å². The minimum atomic E-state index is -3.30. The van der Waals surface area contributed by atoms with Crippen molar-refractivity contribution < 1.29 is 8.42 Å². The second-order valence-electron chi connectivity index (χ2n) is 2.81. The highest BCUT2D eigenvalue weighted by atomic mass is 35.5. The molecule has 1 aromatic heterocycles. The summed E-state index contributed by atoms with van der Waals surface area (Å²) in [5.74, 6) is 0.464. The molecule has 0 aliphatic carbocycles. The third kappa shape index (κ3) is 3.24. The van der Waals surface area contributed by atoms with E-state index in [2.05, 4.69) is 4.72 Å². The molecule has 0 radical (unpaired) electrons. The van der Waals surface area contributed by atoms with Crippen LogP contribution in [0.5, 0.6) is 0 Å². The van der Waals surface area contributed by atoms with Crippen molar-refractivity contribution in [2.24, 2.45) is 0 Å². The van der Waals surface area contributed by atoms with E-state index < -0.39 is 10.0 Å². The van der Waals surface area contributed by atoms with Crippen LogP contribution < -0.4 is 4.72 Å². The molecule has 0 bridgehead atoms. The van der Waals surface area contributed by atoms with Gasteiger partial charge in [0, 0.05) is 17.3 Å². The van der Waals surface area contributed by atoms with Crippen LogP contribution in [-0.4, -0.2) is 20.8 Å². The molecule has 0 spiro atoms. The van der Waals surface area contributed by atoms with Gasteiger partial charge < -0.3 is 0 Å². The molecule has 0 unspecified atom stereocenters. The molecule has 6 heteroatoms. The summed E-state index contributed by atoms with van der Waals surface area (Å²) in [5.41, 5.74) is 0. The van der Waals surface area contributed by atoms with Crippen LogP contribution in [-0.2, 0) is 10.0 Å². The molecule has 1 N–H and O–H groups in total. The molecule has 3 nitrogen and oxygen atoms in total. The van der Waals surface area contributed by atoms with E-state index in [9.17, 15) is 8.42 Å². The Kier molecular flexibility index (Phi) is 4.37. The van der Waals surface area contributed by atoms with Crippen molar-refractivity contribution in [2.75, 3.05) is 12.4 Å². The van der Waals surface area contributed by atoms with Crippen LogP contribution in [0.1, 0.15) is 11.3 Å². The number of thiophene rings is 1. The Morgan fingerprint density at radius 3 is 2.71 bits per heavy atom. The van der Waals surface area contributed by atoms with E-state index in [-0.39, 0.29) is 0 Å². The van der Waals surface area contributed by atoms with Gasteiger partial charge in [0.15, 0.2) is 0 Å². The summed E-state index contributed by atoms with van der Waals surface area (Å²) in [6.45, 7) is 2.27. The summed E-state index contributed by atoms with van der Waals surface area (Å²) in [5, 5.41) is 0. The molecule has 14 heavy (non-hydrogen) atoms. The second-order valence-corrected chi connectivity index (χ2v) is 6.47. The monoisotopic (exact) mass is 253 g/mol. The zero-order chi connectivity index (χ0) is 10.6. The lowest BCUT2D eigenvalue weighted by molar-refractivity contribution is 0.583. The predicted octanol–water partition coefficient (Wildman–Crippen LogP) is 1.96. The fourth-order valence-electron chi connectivity index (χ4n) is 0.901. The van der Waals surface area contributed by atoms with Gasteiger partial charge in [0.25, 0.3) is 0 Å². The van der Waals surface area contributed by atoms with Gasteiger partial charge in [0.1, 0.15) is 4.21 Å². The largest absolute Gasteiger partial charge is 0.250 e. The summed E-state index contributed by atoms with van der Waals surface area (Å²) < 4.78 is 26.0. The smallest absolute Gasteiger partial charge is 0.210 e. The van der Waals surface area contributed by atoms with Gasteiger partial charge >= 0.3 is 0 Å². The zero-order valence-corrected chi connectivity index (χ0v) is 10.2. The SMILES string of the molecule is Cc1ccc(S(=O)(=O)NCCCCl)s1. The maximum absolute atomic E-state index is 11.6. The molecule has 80 valence electrons. The number of aryl methyl sites for hydroxylation is 1. The van der Waals surface area contributed by atoms with E-state index in [4.69, 9.17) is 11.6 Å². The van der Waals surface area contributed by atoms with Gasteiger partial charge in [-0.25, -0.2) is 13.1 Å². The van der Waals surface area contributed by atoms with Crippen molar-refractivity contribution in [2.45, 2.75) is 17.6 Å². The van der Waals surface area contributed by atoms with Crippen LogP contribution in [0.3, 0.4) is 0 Å². The van der Waals surface area contributed by atoms with Crippen LogP contribution in [0.2, 0.25) is 0 Å². The molecule has 0 fully saturated rings. The average molecular weight is 254 g/mol. The van der Waals surface area contributed by atoms with E-state index in [1.165, 1.54) is 11.3 Å². The van der Waals surface area contributed by atoms with Gasteiger partial charge in [0.2, 0.25) is 10.0 Å². The first kappa shape index (κ1) is 12.0. The number of alkyl halides is 1. The van der Waals surface area contributed by atoms with Crippen LogP contribution in [0.25, 0.3) is 0 Å². The first-order valence-corrected chi connectivity index (χ1v) is 7.02. The Morgan fingerprint density at radius 1 is 1.50 bits per heavy atom. The van der Waals surface area contributed by atoms with Crippen molar-refractivity contribution in [3.63, 3.8) is 0 Å². The molecule has 1 heterocycles. The van der Waals surface area contributed by atoms with Gasteiger partial charge in [-0.15, -0.1) is 22.9 Å². The molecule has 0 amide bonds. The molecule has 0 aromatic carbocycles. The van der Waals surface area contributed by atoms with Gasteiger partial charge in [-0.2, -0.15) is 0 Å². The maximum atomic E-state index is 11.6. The lowest BCUT2D eigenvalue weighted by Gasteiger charge is -2.02. The van der Waals surface area contributed by atoms with E-state index >= 15 is 0 Å². The van der Waals surface area contributed by atoms with Crippen LogP contribution >= 0.6 is 22.9 Å². The average Bonchev–Trinajstić information content (AvgIpc) is 2.53. The topological polar surface area (TPSA) is 46.2 Å². The quantitative estimate of drug-likeness (QED) is 0.644. The number of hydrogen-bond acceptors (Lipinski definition) is 3. The third-order valence-electron chi connectivity index (χ3n) is 1.58. The highest BCUT2D eigenvalue weighted by Crippen LogP contribution is 2.19. The molecule has 0 atom stereocenters. The lowest BCUT2D eigenvalue weighted by atomic mass is 10.5. The van der Waals surface area contributed by atoms with E-state index in [1.807, 2.05) is 6.92 Å². The minimum Gasteiger partial charge on any atom is -0.210 e. The Morgan fingerprint density at radius 2 is 2.21 bits per heavy atom. The summed E-state index contributed by atoms with van der Waals surface area (Å²) in [4.78, 5) is 0.989. The minimum absolute atomic E-state index is 0.365. The van der Waals surface area contributed by atoms with Crippen molar-refractivity contribution in [1.29, 1.82) is 0 Å². The molecule has 0 aliphatic heterocycles. The van der Waals surface area contributed by atoms with E-state index in [0.29, 0.717) is 23.1 Å². The third-order valence-corrected chi connectivity index (χ3v) is 4.80. The number of hydrogen-bond donors (Lipinski definition) is 1. The highest BCUT2D eigenvalue weighted by molar-refractivity contribution is 7.91. The first-order chi connectivity index (χ1) is 6.56. The van der Waals surface area contributed by atoms with E-state index in [0.717, 1.165) is 4.88 Å². The van der Waals surface area contributed by atoms with Crippen molar-refractivity contribution in [1.82, 2.24) is 4.72 Å². The number of rotatable bonds is 5. The summed E-state index contributed by atoms with van der Waals surface area (Å²) in [6.07, 6.45) is 0.644. The number of halogens is 1. The standard InChI is InChI=1S/C8H12ClNO2S2/c1-7-3-4-8(13-7)14(11,12)10-6-2-5-9/h3-4,10H,2,5-6H2,1H3. The summed E-state index contributed by atoms with van der Waals surface area (Å²) in [6, 6.07) is 3.41. The highest BCUT2D eigenvalue weighted by Gasteiger charge is 2.14. The van der Waals surface area contributed by atoms with E-state index in [1.54, 1.807) is 12.1 Å². The number of nitrogens with one attached hydrogen (secondary N) is 1. The molecular weight excluding hydrogens is 242 g/mol. The Hall–Kier alpha value is -0.100. The van der Waals surface area contributed by atoms with Gasteiger partial charge in [0.05, 0.1) is 0 Å². The molecule has 1 aromatic rings. The fraction of sp³-hybridized carbons (Fsp3) is 0.500. The summed E-state index contributed by atoms with van der Waals surface area (Å²) >= 11 is 6.72. The molecule has 0 aliphatic rings. The van der Waals surface area contributed by atoms with Crippen molar-refractivity contribution in [3.05, 3.63) is 17.0 Å². The molecule has 0 saturated heterocycles. The van der Waals surface area contributed by atoms with Gasteiger partial charge in [-0.05, 0) is 25.5 Å². The Bertz CT molecular complexity index is 386. The zero-order valence-electron chi connectivity index (χ0n) is 7.79. The first-order valence-electron chi connectivity index (χ1n) is 4.18. The van der Waals surface area contributed by atoms with Crippen molar-refractivity contribution in [3.8, 4) is 0 Å².